The summed E-state index contributed by atoms with van der Waals surface area (Å²) in [7, 11) is 0. The first-order valence-corrected chi connectivity index (χ1v) is 12.0. The van der Waals surface area contributed by atoms with Gasteiger partial charge >= 0.3 is 0 Å². The summed E-state index contributed by atoms with van der Waals surface area (Å²) < 4.78 is 0. The van der Waals surface area contributed by atoms with Crippen LogP contribution in [0.25, 0.3) is 0 Å². The first-order chi connectivity index (χ1) is 14.6. The van der Waals surface area contributed by atoms with Crippen LogP contribution < -0.4 is 15.5 Å². The van der Waals surface area contributed by atoms with E-state index in [2.05, 4.69) is 21.6 Å². The molecule has 2 aromatic rings. The van der Waals surface area contributed by atoms with Crippen molar-refractivity contribution in [2.45, 2.75) is 64.3 Å². The molecule has 1 atom stereocenters. The third-order valence-corrected chi connectivity index (χ3v) is 7.24. The fourth-order valence-corrected chi connectivity index (χ4v) is 5.53. The smallest absolute Gasteiger partial charge is 0.262 e. The minimum atomic E-state index is -0.530. The summed E-state index contributed by atoms with van der Waals surface area (Å²) in [6, 6.07) is 9.50. The van der Waals surface area contributed by atoms with Crippen molar-refractivity contribution in [2.75, 3.05) is 23.3 Å². The maximum atomic E-state index is 13.0. The molecule has 1 aliphatic carbocycles. The van der Waals surface area contributed by atoms with E-state index in [9.17, 15) is 9.59 Å². The first-order valence-electron chi connectivity index (χ1n) is 11.2. The van der Waals surface area contributed by atoms with Gasteiger partial charge in [-0.05, 0) is 74.8 Å². The van der Waals surface area contributed by atoms with Gasteiger partial charge < -0.3 is 15.5 Å². The zero-order chi connectivity index (χ0) is 20.9. The number of thiophene rings is 1. The molecule has 6 heteroatoms. The van der Waals surface area contributed by atoms with Crippen molar-refractivity contribution in [1.82, 2.24) is 5.32 Å². The number of nitrogens with zero attached hydrogens (tertiary/aromatic N) is 1. The lowest BCUT2D eigenvalue weighted by molar-refractivity contribution is -0.118. The van der Waals surface area contributed by atoms with Crippen molar-refractivity contribution in [1.29, 1.82) is 0 Å². The molecule has 2 heterocycles. The highest BCUT2D eigenvalue weighted by Gasteiger charge is 2.24. The van der Waals surface area contributed by atoms with E-state index >= 15 is 0 Å². The van der Waals surface area contributed by atoms with Crippen molar-refractivity contribution in [3.63, 3.8) is 0 Å². The highest BCUT2D eigenvalue weighted by atomic mass is 32.1. The van der Waals surface area contributed by atoms with Gasteiger partial charge in [0, 0.05) is 29.3 Å². The third kappa shape index (κ3) is 4.86. The van der Waals surface area contributed by atoms with E-state index in [-0.39, 0.29) is 11.8 Å². The van der Waals surface area contributed by atoms with Crippen LogP contribution in [0.15, 0.2) is 30.3 Å². The Morgan fingerprint density at radius 2 is 1.90 bits per heavy atom. The summed E-state index contributed by atoms with van der Waals surface area (Å²) in [5, 5.41) is 6.00. The second-order valence-corrected chi connectivity index (χ2v) is 9.45. The topological polar surface area (TPSA) is 61.4 Å². The maximum absolute atomic E-state index is 13.0. The van der Waals surface area contributed by atoms with Crippen LogP contribution in [0.1, 0.15) is 65.6 Å². The van der Waals surface area contributed by atoms with E-state index in [0.29, 0.717) is 6.42 Å². The van der Waals surface area contributed by atoms with Gasteiger partial charge in [0.1, 0.15) is 6.04 Å². The summed E-state index contributed by atoms with van der Waals surface area (Å²) in [6.45, 7) is 4.16. The van der Waals surface area contributed by atoms with Gasteiger partial charge in [-0.2, -0.15) is 0 Å². The molecule has 1 unspecified atom stereocenters. The molecule has 0 saturated carbocycles. The molecule has 0 bridgehead atoms. The summed E-state index contributed by atoms with van der Waals surface area (Å²) in [5.74, 6) is -0.279. The quantitative estimate of drug-likeness (QED) is 0.672. The Morgan fingerprint density at radius 3 is 2.67 bits per heavy atom. The molecule has 1 aliphatic heterocycles. The normalized spacial score (nSPS) is 16.8. The SMILES string of the molecule is CCCC(NC(=O)c1cc2c(s1)CCCC2)C(=O)Nc1cccc(N2CCCC2)c1. The average Bonchev–Trinajstić information content (AvgIpc) is 3.43. The van der Waals surface area contributed by atoms with E-state index in [0.717, 1.165) is 48.6 Å². The van der Waals surface area contributed by atoms with Crippen molar-refractivity contribution >= 4 is 34.5 Å². The minimum absolute atomic E-state index is 0.131. The largest absolute Gasteiger partial charge is 0.371 e. The number of benzene rings is 1. The number of aryl methyl sites for hydroxylation is 2. The van der Waals surface area contributed by atoms with Gasteiger partial charge in [-0.15, -0.1) is 11.3 Å². The van der Waals surface area contributed by atoms with E-state index in [1.807, 2.05) is 31.2 Å². The molecule has 1 aromatic carbocycles. The first kappa shape index (κ1) is 20.9. The Hall–Kier alpha value is -2.34. The van der Waals surface area contributed by atoms with E-state index in [1.165, 1.54) is 36.1 Å². The predicted molar refractivity (Wildman–Crippen MR) is 124 cm³/mol. The van der Waals surface area contributed by atoms with Crippen LogP contribution in [0.3, 0.4) is 0 Å². The lowest BCUT2D eigenvalue weighted by atomic mass is 9.99. The van der Waals surface area contributed by atoms with Crippen LogP contribution in [-0.2, 0) is 17.6 Å². The Bertz CT molecular complexity index is 878. The molecule has 2 amide bonds. The Balaban J connectivity index is 1.42. The molecule has 2 N–H and O–H groups in total. The minimum Gasteiger partial charge on any atom is -0.371 e. The molecule has 160 valence electrons. The number of anilines is 2. The fraction of sp³-hybridized carbons (Fsp3) is 0.500. The standard InChI is InChI=1S/C24H31N3O2S/c1-2-8-20(26-24(29)22-15-17-9-3-4-12-21(17)30-22)23(28)25-18-10-7-11-19(16-18)27-13-5-6-14-27/h7,10-11,15-16,20H,2-6,8-9,12-14H2,1H3,(H,25,28)(H,26,29). The maximum Gasteiger partial charge on any atom is 0.262 e. The number of carbonyl (C=O) groups is 2. The van der Waals surface area contributed by atoms with Gasteiger partial charge in [0.2, 0.25) is 5.91 Å². The van der Waals surface area contributed by atoms with Crippen LogP contribution in [0.4, 0.5) is 11.4 Å². The molecule has 1 aromatic heterocycles. The number of carbonyl (C=O) groups excluding carboxylic acids is 2. The van der Waals surface area contributed by atoms with Crippen molar-refractivity contribution in [2.24, 2.45) is 0 Å². The lowest BCUT2D eigenvalue weighted by Crippen LogP contribution is -2.43. The summed E-state index contributed by atoms with van der Waals surface area (Å²) in [6.07, 6.45) is 8.40. The van der Waals surface area contributed by atoms with Crippen molar-refractivity contribution in [3.8, 4) is 0 Å². The predicted octanol–water partition coefficient (Wildman–Crippen LogP) is 4.76. The Labute approximate surface area is 182 Å². The molecule has 2 aliphatic rings. The Kier molecular flexibility index (Phi) is 6.72. The van der Waals surface area contributed by atoms with Crippen molar-refractivity contribution in [3.05, 3.63) is 45.6 Å². The number of hydrogen-bond donors (Lipinski definition) is 2. The number of nitrogens with one attached hydrogen (secondary N) is 2. The van der Waals surface area contributed by atoms with E-state index in [4.69, 9.17) is 0 Å². The van der Waals surface area contributed by atoms with Crippen molar-refractivity contribution < 1.29 is 9.59 Å². The molecule has 1 fully saturated rings. The number of fused-ring (bicyclic) bond motifs is 1. The fourth-order valence-electron chi connectivity index (χ4n) is 4.37. The van der Waals surface area contributed by atoms with Gasteiger partial charge in [-0.1, -0.05) is 19.4 Å². The molecular formula is C24H31N3O2S. The van der Waals surface area contributed by atoms with Gasteiger partial charge in [0.25, 0.3) is 5.91 Å². The number of amides is 2. The molecule has 5 nitrogen and oxygen atoms in total. The third-order valence-electron chi connectivity index (χ3n) is 6.00. The lowest BCUT2D eigenvalue weighted by Gasteiger charge is -2.20. The van der Waals surface area contributed by atoms with E-state index < -0.39 is 6.04 Å². The zero-order valence-corrected chi connectivity index (χ0v) is 18.5. The molecule has 30 heavy (non-hydrogen) atoms. The van der Waals surface area contributed by atoms with Crippen LogP contribution >= 0.6 is 11.3 Å². The monoisotopic (exact) mass is 425 g/mol. The van der Waals surface area contributed by atoms with Gasteiger partial charge in [0.15, 0.2) is 0 Å². The Morgan fingerprint density at radius 1 is 1.10 bits per heavy atom. The zero-order valence-electron chi connectivity index (χ0n) is 17.7. The highest BCUT2D eigenvalue weighted by Crippen LogP contribution is 2.30. The molecule has 4 rings (SSSR count). The highest BCUT2D eigenvalue weighted by molar-refractivity contribution is 7.14. The number of rotatable bonds is 7. The molecule has 0 spiro atoms. The summed E-state index contributed by atoms with van der Waals surface area (Å²) in [4.78, 5) is 30.2. The second-order valence-electron chi connectivity index (χ2n) is 8.31. The van der Waals surface area contributed by atoms with Gasteiger partial charge in [-0.3, -0.25) is 9.59 Å². The van der Waals surface area contributed by atoms with Gasteiger partial charge in [-0.25, -0.2) is 0 Å². The molecule has 1 saturated heterocycles. The number of hydrogen-bond acceptors (Lipinski definition) is 4. The summed E-state index contributed by atoms with van der Waals surface area (Å²) >= 11 is 1.59. The van der Waals surface area contributed by atoms with Crippen LogP contribution in [0.5, 0.6) is 0 Å². The van der Waals surface area contributed by atoms with Gasteiger partial charge in [0.05, 0.1) is 4.88 Å². The molecule has 0 radical (unpaired) electrons. The summed E-state index contributed by atoms with van der Waals surface area (Å²) in [5.41, 5.74) is 3.24. The van der Waals surface area contributed by atoms with Crippen LogP contribution in [-0.4, -0.2) is 30.9 Å². The van der Waals surface area contributed by atoms with Crippen LogP contribution in [0, 0.1) is 0 Å². The molecular weight excluding hydrogens is 394 g/mol. The van der Waals surface area contributed by atoms with Crippen LogP contribution in [0.2, 0.25) is 0 Å². The average molecular weight is 426 g/mol. The van der Waals surface area contributed by atoms with E-state index in [1.54, 1.807) is 11.3 Å². The second kappa shape index (κ2) is 9.65.